The molecular weight excluding hydrogens is 476 g/mol. The second-order valence-electron chi connectivity index (χ2n) is 7.12. The first-order valence-electron chi connectivity index (χ1n) is 10.5. The number of hydrogen-bond acceptors (Lipinski definition) is 7. The van der Waals surface area contributed by atoms with Crippen LogP contribution < -0.4 is 9.47 Å². The summed E-state index contributed by atoms with van der Waals surface area (Å²) in [5.74, 6) is 2.67. The summed E-state index contributed by atoms with van der Waals surface area (Å²) in [7, 11) is 0. The fourth-order valence-electron chi connectivity index (χ4n) is 3.15. The molecule has 1 aromatic heterocycles. The predicted molar refractivity (Wildman–Crippen MR) is 131 cm³/mol. The van der Waals surface area contributed by atoms with E-state index in [-0.39, 0.29) is 12.3 Å². The highest BCUT2D eigenvalue weighted by Crippen LogP contribution is 2.27. The number of nitrogens with zero attached hydrogens (tertiary/aromatic N) is 4. The van der Waals surface area contributed by atoms with Crippen molar-refractivity contribution in [3.8, 4) is 17.2 Å². The molecule has 0 atom stereocenters. The van der Waals surface area contributed by atoms with Crippen LogP contribution in [0, 0.1) is 10.1 Å². The predicted octanol–water partition coefficient (Wildman–Crippen LogP) is 6.10. The maximum atomic E-state index is 10.9. The van der Waals surface area contributed by atoms with Gasteiger partial charge in [0.05, 0.1) is 11.5 Å². The molecule has 1 heterocycles. The summed E-state index contributed by atoms with van der Waals surface area (Å²) in [6.07, 6.45) is 0. The highest BCUT2D eigenvalue weighted by Gasteiger charge is 2.16. The van der Waals surface area contributed by atoms with E-state index in [0.717, 1.165) is 17.0 Å². The third kappa shape index (κ3) is 5.86. The summed E-state index contributed by atoms with van der Waals surface area (Å²) >= 11 is 7.55. The Kier molecular flexibility index (Phi) is 7.66. The molecule has 0 fully saturated rings. The second-order valence-corrected chi connectivity index (χ2v) is 8.49. The molecule has 3 aromatic carbocycles. The molecule has 0 radical (unpaired) electrons. The van der Waals surface area contributed by atoms with Crippen molar-refractivity contribution in [2.75, 3.05) is 6.61 Å². The molecule has 0 saturated carbocycles. The minimum Gasteiger partial charge on any atom is -0.494 e. The van der Waals surface area contributed by atoms with Crippen LogP contribution in [-0.2, 0) is 12.4 Å². The van der Waals surface area contributed by atoms with E-state index >= 15 is 0 Å². The van der Waals surface area contributed by atoms with E-state index in [1.807, 2.05) is 47.9 Å². The summed E-state index contributed by atoms with van der Waals surface area (Å²) in [6.45, 7) is 2.75. The SMILES string of the molecule is CCOc1ccc(OCc2nnc(SCc3ccc([N+](=O)[O-])cc3)n2-c2ccc(Cl)cc2)cc1. The molecule has 0 spiro atoms. The van der Waals surface area contributed by atoms with Crippen LogP contribution in [0.15, 0.2) is 78.0 Å². The molecule has 0 aliphatic carbocycles. The van der Waals surface area contributed by atoms with Crippen LogP contribution >= 0.6 is 23.4 Å². The monoisotopic (exact) mass is 496 g/mol. The van der Waals surface area contributed by atoms with Crippen molar-refractivity contribution >= 4 is 29.1 Å². The van der Waals surface area contributed by atoms with Gasteiger partial charge in [-0.3, -0.25) is 14.7 Å². The van der Waals surface area contributed by atoms with Gasteiger partial charge in [-0.15, -0.1) is 10.2 Å². The van der Waals surface area contributed by atoms with Crippen molar-refractivity contribution in [1.29, 1.82) is 0 Å². The van der Waals surface area contributed by atoms with E-state index in [9.17, 15) is 10.1 Å². The first-order chi connectivity index (χ1) is 16.5. The number of non-ortho nitro benzene ring substituents is 1. The maximum absolute atomic E-state index is 10.9. The molecule has 0 aliphatic heterocycles. The van der Waals surface area contributed by atoms with Crippen LogP contribution in [0.1, 0.15) is 18.3 Å². The summed E-state index contributed by atoms with van der Waals surface area (Å²) < 4.78 is 13.3. The molecule has 0 saturated heterocycles. The van der Waals surface area contributed by atoms with Gasteiger partial charge in [0.25, 0.3) is 5.69 Å². The van der Waals surface area contributed by atoms with E-state index in [1.54, 1.807) is 24.3 Å². The Morgan fingerprint density at radius 1 is 0.941 bits per heavy atom. The van der Waals surface area contributed by atoms with Crippen LogP contribution in [0.4, 0.5) is 5.69 Å². The highest BCUT2D eigenvalue weighted by atomic mass is 35.5. The van der Waals surface area contributed by atoms with Gasteiger partial charge in [0.1, 0.15) is 18.1 Å². The molecule has 4 aromatic rings. The zero-order valence-corrected chi connectivity index (χ0v) is 19.8. The molecule has 0 N–H and O–H groups in total. The van der Waals surface area contributed by atoms with Gasteiger partial charge in [-0.2, -0.15) is 0 Å². The lowest BCUT2D eigenvalue weighted by Crippen LogP contribution is -2.06. The minimum atomic E-state index is -0.412. The summed E-state index contributed by atoms with van der Waals surface area (Å²) in [6, 6.07) is 21.3. The van der Waals surface area contributed by atoms with Gasteiger partial charge < -0.3 is 9.47 Å². The third-order valence-electron chi connectivity index (χ3n) is 4.80. The lowest BCUT2D eigenvalue weighted by Gasteiger charge is -2.12. The Hall–Kier alpha value is -3.56. The smallest absolute Gasteiger partial charge is 0.269 e. The molecule has 0 bridgehead atoms. The summed E-state index contributed by atoms with van der Waals surface area (Å²) in [4.78, 5) is 10.5. The fraction of sp³-hybridized carbons (Fsp3) is 0.167. The van der Waals surface area contributed by atoms with E-state index in [0.29, 0.717) is 34.1 Å². The number of nitro groups is 1. The molecule has 0 unspecified atom stereocenters. The maximum Gasteiger partial charge on any atom is 0.269 e. The quantitative estimate of drug-likeness (QED) is 0.149. The normalized spacial score (nSPS) is 10.8. The molecule has 8 nitrogen and oxygen atoms in total. The summed E-state index contributed by atoms with van der Waals surface area (Å²) in [5, 5.41) is 20.9. The van der Waals surface area contributed by atoms with Crippen molar-refractivity contribution in [1.82, 2.24) is 14.8 Å². The zero-order valence-electron chi connectivity index (χ0n) is 18.3. The lowest BCUT2D eigenvalue weighted by atomic mass is 10.2. The Morgan fingerprint density at radius 3 is 2.21 bits per heavy atom. The number of halogens is 1. The Balaban J connectivity index is 1.53. The number of nitro benzene ring substituents is 1. The number of aromatic nitrogens is 3. The van der Waals surface area contributed by atoms with E-state index in [1.165, 1.54) is 23.9 Å². The Morgan fingerprint density at radius 2 is 1.59 bits per heavy atom. The van der Waals surface area contributed by atoms with Gasteiger partial charge in [-0.25, -0.2) is 0 Å². The fourth-order valence-corrected chi connectivity index (χ4v) is 4.20. The molecule has 0 aliphatic rings. The number of hydrogen-bond donors (Lipinski definition) is 0. The number of ether oxygens (including phenoxy) is 2. The van der Waals surface area contributed by atoms with E-state index in [4.69, 9.17) is 21.1 Å². The van der Waals surface area contributed by atoms with E-state index < -0.39 is 4.92 Å². The third-order valence-corrected chi connectivity index (χ3v) is 6.06. The van der Waals surface area contributed by atoms with Crippen LogP contribution in [0.5, 0.6) is 11.5 Å². The van der Waals surface area contributed by atoms with Crippen molar-refractivity contribution in [3.05, 3.63) is 99.3 Å². The molecular formula is C24H21ClN4O4S. The van der Waals surface area contributed by atoms with Gasteiger partial charge >= 0.3 is 0 Å². The first-order valence-corrected chi connectivity index (χ1v) is 11.8. The van der Waals surface area contributed by atoms with Crippen LogP contribution in [0.2, 0.25) is 5.02 Å². The largest absolute Gasteiger partial charge is 0.494 e. The Labute approximate surface area is 205 Å². The Bertz CT molecular complexity index is 1250. The van der Waals surface area contributed by atoms with Crippen molar-refractivity contribution < 1.29 is 14.4 Å². The second kappa shape index (κ2) is 11.0. The minimum absolute atomic E-state index is 0.0619. The van der Waals surface area contributed by atoms with Gasteiger partial charge in [-0.05, 0) is 61.0 Å². The molecule has 34 heavy (non-hydrogen) atoms. The average molecular weight is 497 g/mol. The standard InChI is InChI=1S/C24H21ClN4O4S/c1-2-32-21-11-13-22(14-12-21)33-15-23-26-27-24(28(23)19-9-5-18(25)6-10-19)34-16-17-3-7-20(8-4-17)29(30)31/h3-14H,2,15-16H2,1H3. The van der Waals surface area contributed by atoms with Crippen LogP contribution in [-0.4, -0.2) is 26.3 Å². The molecule has 10 heteroatoms. The van der Waals surface area contributed by atoms with Crippen molar-refractivity contribution in [3.63, 3.8) is 0 Å². The van der Waals surface area contributed by atoms with E-state index in [2.05, 4.69) is 10.2 Å². The van der Waals surface area contributed by atoms with Crippen molar-refractivity contribution in [2.45, 2.75) is 24.4 Å². The number of rotatable bonds is 10. The lowest BCUT2D eigenvalue weighted by molar-refractivity contribution is -0.384. The average Bonchev–Trinajstić information content (AvgIpc) is 3.26. The van der Waals surface area contributed by atoms with Gasteiger partial charge in [0.2, 0.25) is 0 Å². The number of thioether (sulfide) groups is 1. The van der Waals surface area contributed by atoms with Crippen molar-refractivity contribution in [2.24, 2.45) is 0 Å². The molecule has 174 valence electrons. The molecule has 4 rings (SSSR count). The van der Waals surface area contributed by atoms with Gasteiger partial charge in [-0.1, -0.05) is 35.5 Å². The number of benzene rings is 3. The first kappa shape index (κ1) is 23.6. The van der Waals surface area contributed by atoms with Gasteiger partial charge in [0, 0.05) is 28.6 Å². The zero-order chi connectivity index (χ0) is 23.9. The molecule has 0 amide bonds. The van der Waals surface area contributed by atoms with Crippen LogP contribution in [0.3, 0.4) is 0 Å². The van der Waals surface area contributed by atoms with Gasteiger partial charge in [0.15, 0.2) is 11.0 Å². The topological polar surface area (TPSA) is 92.3 Å². The highest BCUT2D eigenvalue weighted by molar-refractivity contribution is 7.98. The van der Waals surface area contributed by atoms with Crippen LogP contribution in [0.25, 0.3) is 5.69 Å². The summed E-state index contributed by atoms with van der Waals surface area (Å²) in [5.41, 5.74) is 1.85.